The molecule has 30 heavy (non-hydrogen) atoms. The maximum absolute atomic E-state index is 6.56. The number of anilines is 1. The number of hydrogen-bond acceptors (Lipinski definition) is 6. The Bertz CT molecular complexity index is 1220. The highest BCUT2D eigenvalue weighted by molar-refractivity contribution is 5.97. The number of para-hydroxylation sites is 1. The van der Waals surface area contributed by atoms with Crippen molar-refractivity contribution in [3.8, 4) is 0 Å². The molecule has 3 heterocycles. The van der Waals surface area contributed by atoms with Gasteiger partial charge in [-0.25, -0.2) is 9.50 Å². The van der Waals surface area contributed by atoms with E-state index < -0.39 is 0 Å². The minimum absolute atomic E-state index is 0.511. The van der Waals surface area contributed by atoms with Crippen molar-refractivity contribution in [2.45, 2.75) is 13.8 Å². The zero-order valence-corrected chi connectivity index (χ0v) is 16.9. The summed E-state index contributed by atoms with van der Waals surface area (Å²) >= 11 is 0. The highest BCUT2D eigenvalue weighted by Crippen LogP contribution is 2.24. The number of benzene rings is 1. The van der Waals surface area contributed by atoms with Crippen LogP contribution in [0.3, 0.4) is 0 Å². The summed E-state index contributed by atoms with van der Waals surface area (Å²) in [5.74, 6) is 0. The molecule has 0 fully saturated rings. The summed E-state index contributed by atoms with van der Waals surface area (Å²) in [6.45, 7) is 4.50. The molecule has 0 saturated carbocycles. The van der Waals surface area contributed by atoms with E-state index in [1.165, 1.54) is 6.33 Å². The number of aryl methyl sites for hydroxylation is 1. The van der Waals surface area contributed by atoms with E-state index in [-0.39, 0.29) is 0 Å². The molecule has 4 rings (SSSR count). The molecule has 0 unspecified atom stereocenters. The standard InChI is InChI=1S/C23H23N7/c1-16-7-6-10-20(28-16)22(24)23(18-11-12-21-26-15-27-30(21)14-18)29-17(2)13-25-19-8-4-3-5-9-19/h3-12,14-15,25H,13,24H2,1-2H3/b23-22-,29-17?. The second kappa shape index (κ2) is 8.57. The summed E-state index contributed by atoms with van der Waals surface area (Å²) in [6, 6.07) is 19.6. The zero-order valence-electron chi connectivity index (χ0n) is 16.9. The van der Waals surface area contributed by atoms with Gasteiger partial charge in [0.05, 0.1) is 23.6 Å². The lowest BCUT2D eigenvalue weighted by Gasteiger charge is -2.12. The quantitative estimate of drug-likeness (QED) is 0.483. The lowest BCUT2D eigenvalue weighted by Crippen LogP contribution is -2.12. The van der Waals surface area contributed by atoms with Gasteiger partial charge in [-0.1, -0.05) is 24.3 Å². The van der Waals surface area contributed by atoms with Crippen molar-refractivity contribution in [3.05, 3.63) is 90.1 Å². The third-order valence-corrected chi connectivity index (χ3v) is 4.59. The molecule has 150 valence electrons. The predicted molar refractivity (Wildman–Crippen MR) is 121 cm³/mol. The first kappa shape index (κ1) is 19.3. The minimum Gasteiger partial charge on any atom is -0.395 e. The average Bonchev–Trinajstić information content (AvgIpc) is 3.24. The highest BCUT2D eigenvalue weighted by Gasteiger charge is 2.12. The minimum atomic E-state index is 0.511. The Morgan fingerprint density at radius 3 is 2.70 bits per heavy atom. The number of hydrogen-bond donors (Lipinski definition) is 2. The number of aromatic nitrogens is 4. The largest absolute Gasteiger partial charge is 0.395 e. The summed E-state index contributed by atoms with van der Waals surface area (Å²) in [6.07, 6.45) is 3.40. The van der Waals surface area contributed by atoms with Crippen LogP contribution in [0.15, 0.2) is 78.2 Å². The van der Waals surface area contributed by atoms with Gasteiger partial charge in [-0.05, 0) is 50.2 Å². The van der Waals surface area contributed by atoms with Gasteiger partial charge >= 0.3 is 0 Å². The van der Waals surface area contributed by atoms with E-state index in [1.54, 1.807) is 4.52 Å². The van der Waals surface area contributed by atoms with Crippen LogP contribution in [0.5, 0.6) is 0 Å². The van der Waals surface area contributed by atoms with Crippen LogP contribution >= 0.6 is 0 Å². The fraction of sp³-hybridized carbons (Fsp3) is 0.130. The van der Waals surface area contributed by atoms with Gasteiger partial charge in [-0.2, -0.15) is 5.10 Å². The number of rotatable bonds is 6. The van der Waals surface area contributed by atoms with Gasteiger partial charge in [0, 0.05) is 28.9 Å². The van der Waals surface area contributed by atoms with Gasteiger partial charge in [0.1, 0.15) is 6.33 Å². The number of aliphatic imine (C=N–C) groups is 1. The van der Waals surface area contributed by atoms with Crippen LogP contribution in [0.4, 0.5) is 5.69 Å². The van der Waals surface area contributed by atoms with Gasteiger partial charge in [0.25, 0.3) is 0 Å². The van der Waals surface area contributed by atoms with E-state index in [2.05, 4.69) is 20.4 Å². The van der Waals surface area contributed by atoms with Crippen molar-refractivity contribution in [1.82, 2.24) is 19.6 Å². The van der Waals surface area contributed by atoms with Crippen LogP contribution in [0.2, 0.25) is 0 Å². The lowest BCUT2D eigenvalue weighted by atomic mass is 10.1. The molecule has 1 aromatic carbocycles. The third-order valence-electron chi connectivity index (χ3n) is 4.59. The number of pyridine rings is 2. The van der Waals surface area contributed by atoms with Crippen LogP contribution < -0.4 is 11.1 Å². The van der Waals surface area contributed by atoms with Crippen molar-refractivity contribution >= 4 is 28.4 Å². The van der Waals surface area contributed by atoms with E-state index in [0.29, 0.717) is 23.6 Å². The number of fused-ring (bicyclic) bond motifs is 1. The summed E-state index contributed by atoms with van der Waals surface area (Å²) in [7, 11) is 0. The molecule has 0 atom stereocenters. The van der Waals surface area contributed by atoms with Crippen molar-refractivity contribution in [2.24, 2.45) is 10.7 Å². The van der Waals surface area contributed by atoms with E-state index >= 15 is 0 Å². The van der Waals surface area contributed by atoms with Crippen molar-refractivity contribution in [2.75, 3.05) is 11.9 Å². The fourth-order valence-corrected chi connectivity index (χ4v) is 3.07. The Balaban J connectivity index is 1.73. The SMILES string of the molecule is CC(CNc1ccccc1)=N/C(=C(\N)c1cccc(C)n1)c1ccc2ncnn2c1. The second-order valence-electron chi connectivity index (χ2n) is 6.97. The zero-order chi connectivity index (χ0) is 20.9. The van der Waals surface area contributed by atoms with Crippen molar-refractivity contribution < 1.29 is 0 Å². The summed E-state index contributed by atoms with van der Waals surface area (Å²) in [5.41, 5.74) is 12.8. The Labute approximate surface area is 175 Å². The molecule has 7 nitrogen and oxygen atoms in total. The lowest BCUT2D eigenvalue weighted by molar-refractivity contribution is 0.957. The van der Waals surface area contributed by atoms with Crippen LogP contribution in [0, 0.1) is 6.92 Å². The van der Waals surface area contributed by atoms with E-state index in [4.69, 9.17) is 10.7 Å². The summed E-state index contributed by atoms with van der Waals surface area (Å²) < 4.78 is 1.71. The van der Waals surface area contributed by atoms with E-state index in [0.717, 1.165) is 28.3 Å². The first-order valence-electron chi connectivity index (χ1n) is 9.67. The molecule has 3 aromatic heterocycles. The molecule has 7 heteroatoms. The number of nitrogens with zero attached hydrogens (tertiary/aromatic N) is 5. The van der Waals surface area contributed by atoms with Gasteiger partial charge in [-0.15, -0.1) is 0 Å². The monoisotopic (exact) mass is 397 g/mol. The maximum atomic E-state index is 6.56. The molecule has 4 aromatic rings. The van der Waals surface area contributed by atoms with Crippen LogP contribution in [-0.4, -0.2) is 31.8 Å². The van der Waals surface area contributed by atoms with Gasteiger partial charge in [0.2, 0.25) is 0 Å². The Kier molecular flexibility index (Phi) is 5.52. The van der Waals surface area contributed by atoms with Crippen LogP contribution in [0.1, 0.15) is 23.9 Å². The molecule has 0 saturated heterocycles. The molecule has 0 aliphatic rings. The predicted octanol–water partition coefficient (Wildman–Crippen LogP) is 3.79. The molecule has 0 amide bonds. The van der Waals surface area contributed by atoms with Gasteiger partial charge in [0.15, 0.2) is 5.65 Å². The highest BCUT2D eigenvalue weighted by atomic mass is 15.3. The van der Waals surface area contributed by atoms with Crippen LogP contribution in [0.25, 0.3) is 17.0 Å². The molecule has 0 radical (unpaired) electrons. The fourth-order valence-electron chi connectivity index (χ4n) is 3.07. The molecular formula is C23H23N7. The first-order chi connectivity index (χ1) is 14.6. The second-order valence-corrected chi connectivity index (χ2v) is 6.97. The molecule has 0 spiro atoms. The Hall–Kier alpha value is -4.00. The number of nitrogens with one attached hydrogen (secondary N) is 1. The Morgan fingerprint density at radius 1 is 1.07 bits per heavy atom. The van der Waals surface area contributed by atoms with E-state index in [9.17, 15) is 0 Å². The number of nitrogens with two attached hydrogens (primary N) is 1. The average molecular weight is 397 g/mol. The summed E-state index contributed by atoms with van der Waals surface area (Å²) in [4.78, 5) is 13.6. The maximum Gasteiger partial charge on any atom is 0.155 e. The third kappa shape index (κ3) is 4.35. The summed E-state index contributed by atoms with van der Waals surface area (Å²) in [5, 5.41) is 7.61. The molecule has 3 N–H and O–H groups in total. The van der Waals surface area contributed by atoms with Crippen molar-refractivity contribution in [3.63, 3.8) is 0 Å². The topological polar surface area (TPSA) is 93.5 Å². The Morgan fingerprint density at radius 2 is 1.90 bits per heavy atom. The molecule has 0 bridgehead atoms. The van der Waals surface area contributed by atoms with Crippen LogP contribution in [-0.2, 0) is 0 Å². The van der Waals surface area contributed by atoms with Crippen molar-refractivity contribution in [1.29, 1.82) is 0 Å². The molecule has 0 aliphatic heterocycles. The van der Waals surface area contributed by atoms with E-state index in [1.807, 2.05) is 80.7 Å². The first-order valence-corrected chi connectivity index (χ1v) is 9.67. The normalized spacial score (nSPS) is 12.7. The van der Waals surface area contributed by atoms with Gasteiger partial charge in [-0.3, -0.25) is 9.98 Å². The van der Waals surface area contributed by atoms with Gasteiger partial charge < -0.3 is 11.1 Å². The molecule has 0 aliphatic carbocycles. The smallest absolute Gasteiger partial charge is 0.155 e. The molecular weight excluding hydrogens is 374 g/mol.